The molecule has 1 amide bonds. The number of hydrogen-bond donors (Lipinski definition) is 2. The van der Waals surface area contributed by atoms with Crippen molar-refractivity contribution in [3.05, 3.63) is 58.8 Å². The van der Waals surface area contributed by atoms with Crippen molar-refractivity contribution in [2.75, 3.05) is 0 Å². The Balaban J connectivity index is 1.56. The zero-order valence-electron chi connectivity index (χ0n) is 12.7. The van der Waals surface area contributed by atoms with Crippen molar-refractivity contribution in [1.29, 1.82) is 0 Å². The van der Waals surface area contributed by atoms with Gasteiger partial charge in [0.05, 0.1) is 19.2 Å². The Hall–Kier alpha value is -2.67. The number of aromatic nitrogens is 2. The van der Waals surface area contributed by atoms with Crippen molar-refractivity contribution in [2.24, 2.45) is 5.10 Å². The fourth-order valence-electron chi connectivity index (χ4n) is 2.32. The molecule has 0 saturated heterocycles. The first-order valence-electron chi connectivity index (χ1n) is 7.37. The molecular weight excluding hydrogens is 372 g/mol. The lowest BCUT2D eigenvalue weighted by Gasteiger charge is -2.09. The van der Waals surface area contributed by atoms with E-state index in [1.54, 1.807) is 12.1 Å². The van der Waals surface area contributed by atoms with E-state index in [1.165, 1.54) is 12.3 Å². The number of amides is 1. The molecule has 2 aromatic carbocycles. The van der Waals surface area contributed by atoms with Gasteiger partial charge in [0.2, 0.25) is 12.2 Å². The number of aromatic amines is 1. The molecule has 0 aliphatic rings. The highest BCUT2D eigenvalue weighted by molar-refractivity contribution is 9.10. The summed E-state index contributed by atoms with van der Waals surface area (Å²) in [6.45, 7) is 0.537. The Morgan fingerprint density at radius 3 is 3.04 bits per heavy atom. The molecule has 0 aliphatic carbocycles. The van der Waals surface area contributed by atoms with Crippen LogP contribution in [0, 0.1) is 0 Å². The van der Waals surface area contributed by atoms with Gasteiger partial charge in [0.1, 0.15) is 0 Å². The third kappa shape index (κ3) is 3.80. The van der Waals surface area contributed by atoms with E-state index in [4.69, 9.17) is 0 Å². The summed E-state index contributed by atoms with van der Waals surface area (Å²) in [6, 6.07) is 12.6. The quantitative estimate of drug-likeness (QED) is 0.398. The molecule has 0 fully saturated rings. The van der Waals surface area contributed by atoms with Crippen molar-refractivity contribution in [3.8, 4) is 5.75 Å². The Kier molecular flexibility index (Phi) is 4.90. The molecule has 3 rings (SSSR count). The van der Waals surface area contributed by atoms with Gasteiger partial charge in [-0.15, -0.1) is 0 Å². The number of rotatable bonds is 5. The summed E-state index contributed by atoms with van der Waals surface area (Å²) in [7, 11) is 0. The smallest absolute Gasteiger partial charge is 0.244 e. The predicted molar refractivity (Wildman–Crippen MR) is 92.4 cm³/mol. The Morgan fingerprint density at radius 2 is 2.17 bits per heavy atom. The van der Waals surface area contributed by atoms with Gasteiger partial charge in [-0.05, 0) is 29.8 Å². The van der Waals surface area contributed by atoms with E-state index in [1.807, 2.05) is 35.2 Å². The summed E-state index contributed by atoms with van der Waals surface area (Å²) >= 11 is 3.29. The lowest BCUT2D eigenvalue weighted by molar-refractivity contribution is -0.670. The second-order valence-electron chi connectivity index (χ2n) is 5.21. The first-order chi connectivity index (χ1) is 11.6. The van der Waals surface area contributed by atoms with Crippen molar-refractivity contribution in [3.63, 3.8) is 0 Å². The summed E-state index contributed by atoms with van der Waals surface area (Å²) in [5.74, 6) is -0.364. The van der Waals surface area contributed by atoms with Crippen LogP contribution in [0.3, 0.4) is 0 Å². The fraction of sp³-hybridized carbons (Fsp3) is 0.118. The van der Waals surface area contributed by atoms with Crippen LogP contribution < -0.4 is 15.1 Å². The first-order valence-corrected chi connectivity index (χ1v) is 8.17. The molecule has 0 spiro atoms. The van der Waals surface area contributed by atoms with E-state index < -0.39 is 0 Å². The van der Waals surface area contributed by atoms with Crippen LogP contribution in [-0.4, -0.2) is 17.1 Å². The van der Waals surface area contributed by atoms with Crippen LogP contribution in [0.5, 0.6) is 5.75 Å². The van der Waals surface area contributed by atoms with Crippen LogP contribution in [0.25, 0.3) is 11.0 Å². The highest BCUT2D eigenvalue weighted by atomic mass is 79.9. The van der Waals surface area contributed by atoms with Crippen LogP contribution >= 0.6 is 15.9 Å². The van der Waals surface area contributed by atoms with E-state index in [0.29, 0.717) is 12.1 Å². The SMILES string of the molecule is O=C(CC[n+]1c[nH]c2ccccc21)NN=Cc1cc(Br)ccc1[O-]. The van der Waals surface area contributed by atoms with Gasteiger partial charge < -0.3 is 5.11 Å². The topological polar surface area (TPSA) is 84.2 Å². The minimum Gasteiger partial charge on any atom is -0.872 e. The summed E-state index contributed by atoms with van der Waals surface area (Å²) < 4.78 is 2.76. The predicted octanol–water partition coefficient (Wildman–Crippen LogP) is 1.83. The molecular formula is C17H15BrN4O2. The third-order valence-corrected chi connectivity index (χ3v) is 4.03. The minimum absolute atomic E-state index is 0.148. The number of benzene rings is 2. The van der Waals surface area contributed by atoms with E-state index in [9.17, 15) is 9.90 Å². The van der Waals surface area contributed by atoms with Crippen molar-refractivity contribution < 1.29 is 14.5 Å². The molecule has 1 heterocycles. The fourth-order valence-corrected chi connectivity index (χ4v) is 2.70. The van der Waals surface area contributed by atoms with Crippen molar-refractivity contribution >= 4 is 39.1 Å². The molecule has 7 heteroatoms. The summed E-state index contributed by atoms with van der Waals surface area (Å²) in [4.78, 5) is 15.0. The number of aryl methyl sites for hydroxylation is 1. The van der Waals surface area contributed by atoms with Gasteiger partial charge in [0.15, 0.2) is 11.0 Å². The first kappa shape index (κ1) is 16.2. The monoisotopic (exact) mass is 386 g/mol. The molecule has 122 valence electrons. The molecule has 0 atom stereocenters. The van der Waals surface area contributed by atoms with E-state index in [-0.39, 0.29) is 18.1 Å². The van der Waals surface area contributed by atoms with Crippen LogP contribution in [-0.2, 0) is 11.3 Å². The third-order valence-electron chi connectivity index (χ3n) is 3.53. The maximum Gasteiger partial charge on any atom is 0.244 e. The normalized spacial score (nSPS) is 11.2. The molecule has 0 radical (unpaired) electrons. The lowest BCUT2D eigenvalue weighted by atomic mass is 10.2. The number of carbonyl (C=O) groups excluding carboxylic acids is 1. The lowest BCUT2D eigenvalue weighted by Crippen LogP contribution is -2.34. The van der Waals surface area contributed by atoms with E-state index in [0.717, 1.165) is 15.5 Å². The summed E-state index contributed by atoms with van der Waals surface area (Å²) in [6.07, 6.45) is 3.48. The zero-order chi connectivity index (χ0) is 16.9. The Morgan fingerprint density at radius 1 is 1.33 bits per heavy atom. The molecule has 2 N–H and O–H groups in total. The number of imidazole rings is 1. The highest BCUT2D eigenvalue weighted by Crippen LogP contribution is 2.17. The maximum absolute atomic E-state index is 11.9. The van der Waals surface area contributed by atoms with Crippen molar-refractivity contribution in [2.45, 2.75) is 13.0 Å². The summed E-state index contributed by atoms with van der Waals surface area (Å²) in [5, 5.41) is 15.5. The number of nitrogens with zero attached hydrogens (tertiary/aromatic N) is 2. The number of carbonyl (C=O) groups is 1. The summed E-state index contributed by atoms with van der Waals surface area (Å²) in [5.41, 5.74) is 4.92. The van der Waals surface area contributed by atoms with Gasteiger partial charge in [-0.1, -0.05) is 39.9 Å². The molecule has 0 saturated carbocycles. The van der Waals surface area contributed by atoms with Gasteiger partial charge >= 0.3 is 0 Å². The van der Waals surface area contributed by atoms with Gasteiger partial charge in [-0.2, -0.15) is 5.10 Å². The molecule has 1 aromatic heterocycles. The zero-order valence-corrected chi connectivity index (χ0v) is 14.3. The number of hydrazone groups is 1. The largest absolute Gasteiger partial charge is 0.872 e. The molecule has 0 unspecified atom stereocenters. The molecule has 6 nitrogen and oxygen atoms in total. The molecule has 0 bridgehead atoms. The number of H-pyrrole nitrogens is 1. The average Bonchev–Trinajstić information content (AvgIpc) is 2.99. The van der Waals surface area contributed by atoms with Crippen LogP contribution in [0.4, 0.5) is 0 Å². The molecule has 0 aliphatic heterocycles. The van der Waals surface area contributed by atoms with E-state index in [2.05, 4.69) is 31.4 Å². The Bertz CT molecular complexity index is 904. The average molecular weight is 387 g/mol. The number of para-hydroxylation sites is 2. The number of fused-ring (bicyclic) bond motifs is 1. The van der Waals surface area contributed by atoms with Crippen molar-refractivity contribution in [1.82, 2.24) is 10.4 Å². The second-order valence-corrected chi connectivity index (χ2v) is 6.12. The van der Waals surface area contributed by atoms with Crippen LogP contribution in [0.2, 0.25) is 0 Å². The minimum atomic E-state index is -0.216. The maximum atomic E-state index is 11.9. The number of hydrogen-bond acceptors (Lipinski definition) is 3. The highest BCUT2D eigenvalue weighted by Gasteiger charge is 2.10. The number of nitrogens with one attached hydrogen (secondary N) is 2. The molecule has 3 aromatic rings. The van der Waals surface area contributed by atoms with Gasteiger partial charge in [-0.3, -0.25) is 4.79 Å². The van der Waals surface area contributed by atoms with Gasteiger partial charge in [0, 0.05) is 4.47 Å². The van der Waals surface area contributed by atoms with E-state index >= 15 is 0 Å². The second kappa shape index (κ2) is 7.27. The Labute approximate surface area is 147 Å². The molecule has 24 heavy (non-hydrogen) atoms. The van der Waals surface area contributed by atoms with Gasteiger partial charge in [-0.25, -0.2) is 15.0 Å². The van der Waals surface area contributed by atoms with Crippen LogP contribution in [0.15, 0.2) is 58.4 Å². The van der Waals surface area contributed by atoms with Gasteiger partial charge in [0.25, 0.3) is 0 Å². The van der Waals surface area contributed by atoms with Crippen LogP contribution in [0.1, 0.15) is 12.0 Å². The number of halogens is 1. The standard InChI is InChI=1S/C17H15BrN4O2/c18-13-5-6-16(23)12(9-13)10-20-21-17(24)7-8-22-11-19-14-3-1-2-4-15(14)22/h1-6,9-11H,7-8H2,(H2,20,21,23,24).